The Hall–Kier alpha value is -1.54. The summed E-state index contributed by atoms with van der Waals surface area (Å²) in [6.45, 7) is 4.70. The van der Waals surface area contributed by atoms with Crippen molar-refractivity contribution in [3.63, 3.8) is 0 Å². The van der Waals surface area contributed by atoms with Gasteiger partial charge in [-0.25, -0.2) is 0 Å². The molecule has 0 aliphatic carbocycles. The Morgan fingerprint density at radius 1 is 1.00 bits per heavy atom. The lowest BCUT2D eigenvalue weighted by molar-refractivity contribution is 0.0141. The van der Waals surface area contributed by atoms with Crippen LogP contribution in [0.25, 0.3) is 0 Å². The number of carbonyl (C=O) groups is 1. The zero-order valence-electron chi connectivity index (χ0n) is 13.5. The third-order valence-corrected chi connectivity index (χ3v) is 2.89. The van der Waals surface area contributed by atoms with Gasteiger partial charge >= 0.3 is 0 Å². The standard InChI is InChI=1S/C16H27N3O4/c17-6-3-9-21-11-13-23-14-12-22-10-4-8-19-16(20)15-5-1-2-7-18-15/h1-2,5,7H,3-4,6,8-14,17H2,(H,19,20). The van der Waals surface area contributed by atoms with E-state index < -0.39 is 0 Å². The van der Waals surface area contributed by atoms with Gasteiger partial charge in [0.25, 0.3) is 5.91 Å². The van der Waals surface area contributed by atoms with Gasteiger partial charge in [-0.1, -0.05) is 6.07 Å². The quantitative estimate of drug-likeness (QED) is 0.486. The van der Waals surface area contributed by atoms with Gasteiger partial charge in [0, 0.05) is 26.0 Å². The van der Waals surface area contributed by atoms with Gasteiger partial charge in [0.2, 0.25) is 0 Å². The number of hydrogen-bond acceptors (Lipinski definition) is 6. The van der Waals surface area contributed by atoms with E-state index in [1.54, 1.807) is 24.4 Å². The van der Waals surface area contributed by atoms with E-state index in [-0.39, 0.29) is 5.91 Å². The molecule has 0 aliphatic rings. The molecule has 3 N–H and O–H groups in total. The minimum atomic E-state index is -0.163. The first kappa shape index (κ1) is 19.5. The average Bonchev–Trinajstić information content (AvgIpc) is 2.59. The Bertz CT molecular complexity index is 404. The summed E-state index contributed by atoms with van der Waals surface area (Å²) < 4.78 is 16.1. The summed E-state index contributed by atoms with van der Waals surface area (Å²) in [6.07, 6.45) is 3.22. The molecule has 0 bridgehead atoms. The van der Waals surface area contributed by atoms with Crippen LogP contribution in [-0.2, 0) is 14.2 Å². The highest BCUT2D eigenvalue weighted by molar-refractivity contribution is 5.92. The molecule has 7 nitrogen and oxygen atoms in total. The van der Waals surface area contributed by atoms with Crippen LogP contribution in [0.3, 0.4) is 0 Å². The molecule has 23 heavy (non-hydrogen) atoms. The zero-order chi connectivity index (χ0) is 16.6. The highest BCUT2D eigenvalue weighted by Crippen LogP contribution is 1.93. The van der Waals surface area contributed by atoms with Gasteiger partial charge in [-0.3, -0.25) is 9.78 Å². The molecule has 130 valence electrons. The minimum absolute atomic E-state index is 0.163. The molecule has 1 rings (SSSR count). The number of pyridine rings is 1. The summed E-state index contributed by atoms with van der Waals surface area (Å²) in [5.74, 6) is -0.163. The highest BCUT2D eigenvalue weighted by Gasteiger charge is 2.04. The molecular weight excluding hydrogens is 298 g/mol. The molecule has 0 aromatic carbocycles. The smallest absolute Gasteiger partial charge is 0.269 e. The van der Waals surface area contributed by atoms with Crippen molar-refractivity contribution in [1.29, 1.82) is 0 Å². The van der Waals surface area contributed by atoms with E-state index in [9.17, 15) is 4.79 Å². The molecule has 1 aromatic heterocycles. The van der Waals surface area contributed by atoms with Crippen LogP contribution < -0.4 is 11.1 Å². The molecule has 0 spiro atoms. The van der Waals surface area contributed by atoms with E-state index in [1.165, 1.54) is 0 Å². The SMILES string of the molecule is NCCCOCCOCCOCCCNC(=O)c1ccccn1. The van der Waals surface area contributed by atoms with Crippen LogP contribution in [0, 0.1) is 0 Å². The van der Waals surface area contributed by atoms with Crippen LogP contribution in [0.15, 0.2) is 24.4 Å². The van der Waals surface area contributed by atoms with E-state index in [0.717, 1.165) is 12.8 Å². The Morgan fingerprint density at radius 3 is 2.26 bits per heavy atom. The fraction of sp³-hybridized carbons (Fsp3) is 0.625. The second-order valence-corrected chi connectivity index (χ2v) is 4.80. The number of amides is 1. The Morgan fingerprint density at radius 2 is 1.65 bits per heavy atom. The predicted molar refractivity (Wildman–Crippen MR) is 87.3 cm³/mol. The molecule has 7 heteroatoms. The molecule has 0 saturated heterocycles. The number of aromatic nitrogens is 1. The fourth-order valence-electron chi connectivity index (χ4n) is 1.69. The predicted octanol–water partition coefficient (Wildman–Crippen LogP) is 0.600. The monoisotopic (exact) mass is 325 g/mol. The first-order valence-corrected chi connectivity index (χ1v) is 7.97. The van der Waals surface area contributed by atoms with Crippen LogP contribution >= 0.6 is 0 Å². The summed E-state index contributed by atoms with van der Waals surface area (Å²) in [5, 5.41) is 2.80. The van der Waals surface area contributed by atoms with Crippen LogP contribution in [-0.4, -0.2) is 63.6 Å². The summed E-state index contributed by atoms with van der Waals surface area (Å²) in [6, 6.07) is 5.25. The lowest BCUT2D eigenvalue weighted by Crippen LogP contribution is -2.26. The molecule has 0 unspecified atom stereocenters. The molecule has 1 amide bonds. The van der Waals surface area contributed by atoms with Crippen LogP contribution in [0.2, 0.25) is 0 Å². The van der Waals surface area contributed by atoms with Crippen molar-refractivity contribution in [2.24, 2.45) is 5.73 Å². The maximum Gasteiger partial charge on any atom is 0.269 e. The van der Waals surface area contributed by atoms with Crippen molar-refractivity contribution < 1.29 is 19.0 Å². The highest BCUT2D eigenvalue weighted by atomic mass is 16.5. The lowest BCUT2D eigenvalue weighted by Gasteiger charge is -2.07. The third-order valence-electron chi connectivity index (χ3n) is 2.89. The number of ether oxygens (including phenoxy) is 3. The van der Waals surface area contributed by atoms with Crippen LogP contribution in [0.4, 0.5) is 0 Å². The summed E-state index contributed by atoms with van der Waals surface area (Å²) in [4.78, 5) is 15.7. The van der Waals surface area contributed by atoms with Crippen molar-refractivity contribution in [3.05, 3.63) is 30.1 Å². The van der Waals surface area contributed by atoms with E-state index in [0.29, 0.717) is 58.4 Å². The number of hydrogen-bond donors (Lipinski definition) is 2. The van der Waals surface area contributed by atoms with Crippen molar-refractivity contribution in [3.8, 4) is 0 Å². The zero-order valence-corrected chi connectivity index (χ0v) is 13.5. The summed E-state index contributed by atoms with van der Waals surface area (Å²) in [7, 11) is 0. The topological polar surface area (TPSA) is 95.7 Å². The number of nitrogens with one attached hydrogen (secondary N) is 1. The molecule has 1 heterocycles. The molecule has 0 radical (unpaired) electrons. The Balaban J connectivity index is 1.82. The van der Waals surface area contributed by atoms with E-state index in [4.69, 9.17) is 19.9 Å². The van der Waals surface area contributed by atoms with Crippen molar-refractivity contribution in [2.45, 2.75) is 12.8 Å². The average molecular weight is 325 g/mol. The molecular formula is C16H27N3O4. The van der Waals surface area contributed by atoms with Crippen molar-refractivity contribution >= 4 is 5.91 Å². The van der Waals surface area contributed by atoms with Gasteiger partial charge in [0.05, 0.1) is 26.4 Å². The fourth-order valence-corrected chi connectivity index (χ4v) is 1.69. The number of rotatable bonds is 14. The molecule has 0 aliphatic heterocycles. The Labute approximate surface area is 137 Å². The largest absolute Gasteiger partial charge is 0.379 e. The second kappa shape index (κ2) is 14.1. The van der Waals surface area contributed by atoms with Crippen molar-refractivity contribution in [2.75, 3.05) is 52.7 Å². The van der Waals surface area contributed by atoms with Gasteiger partial charge < -0.3 is 25.3 Å². The van der Waals surface area contributed by atoms with Crippen molar-refractivity contribution in [1.82, 2.24) is 10.3 Å². The normalized spacial score (nSPS) is 10.7. The molecule has 0 fully saturated rings. The molecule has 1 aromatic rings. The van der Waals surface area contributed by atoms with E-state index in [2.05, 4.69) is 10.3 Å². The third kappa shape index (κ3) is 10.8. The van der Waals surface area contributed by atoms with E-state index >= 15 is 0 Å². The van der Waals surface area contributed by atoms with Gasteiger partial charge in [-0.15, -0.1) is 0 Å². The maximum atomic E-state index is 11.7. The maximum absolute atomic E-state index is 11.7. The van der Waals surface area contributed by atoms with Gasteiger partial charge in [-0.2, -0.15) is 0 Å². The molecule has 0 atom stereocenters. The second-order valence-electron chi connectivity index (χ2n) is 4.80. The molecule has 0 saturated carbocycles. The van der Waals surface area contributed by atoms with Gasteiger partial charge in [0.1, 0.15) is 5.69 Å². The summed E-state index contributed by atoms with van der Waals surface area (Å²) >= 11 is 0. The number of nitrogens with two attached hydrogens (primary N) is 1. The first-order chi connectivity index (χ1) is 11.3. The number of carbonyl (C=O) groups excluding carboxylic acids is 1. The van der Waals surface area contributed by atoms with Gasteiger partial charge in [0.15, 0.2) is 0 Å². The van der Waals surface area contributed by atoms with Gasteiger partial charge in [-0.05, 0) is 31.5 Å². The van der Waals surface area contributed by atoms with Crippen LogP contribution in [0.1, 0.15) is 23.3 Å². The lowest BCUT2D eigenvalue weighted by atomic mass is 10.3. The Kier molecular flexibility index (Phi) is 11.9. The number of nitrogens with zero attached hydrogens (tertiary/aromatic N) is 1. The first-order valence-electron chi connectivity index (χ1n) is 7.97. The minimum Gasteiger partial charge on any atom is -0.379 e. The van der Waals surface area contributed by atoms with E-state index in [1.807, 2.05) is 0 Å². The van der Waals surface area contributed by atoms with Crippen LogP contribution in [0.5, 0.6) is 0 Å². The summed E-state index contributed by atoms with van der Waals surface area (Å²) in [5.41, 5.74) is 5.78.